The van der Waals surface area contributed by atoms with Crippen LogP contribution in [0.5, 0.6) is 0 Å². The first-order valence-electron chi connectivity index (χ1n) is 7.98. The standard InChI is InChI=1S/C21H18/c1-3-7-18-14(5-1)9-10-16-12-21-17(13-20(16)18)11-15-6-2-4-8-19(15)21/h1-9,13,16,21H,10-12H2. The van der Waals surface area contributed by atoms with Crippen LogP contribution in [0.15, 0.2) is 60.2 Å². The third-order valence-electron chi connectivity index (χ3n) is 5.47. The molecule has 0 bridgehead atoms. The first-order valence-corrected chi connectivity index (χ1v) is 7.98. The minimum Gasteiger partial charge on any atom is -0.0760 e. The summed E-state index contributed by atoms with van der Waals surface area (Å²) < 4.78 is 0. The summed E-state index contributed by atoms with van der Waals surface area (Å²) in [6, 6.07) is 17.9. The summed E-state index contributed by atoms with van der Waals surface area (Å²) in [7, 11) is 0. The lowest BCUT2D eigenvalue weighted by molar-refractivity contribution is 0.558. The average molecular weight is 270 g/mol. The lowest BCUT2D eigenvalue weighted by Gasteiger charge is -2.30. The van der Waals surface area contributed by atoms with E-state index in [-0.39, 0.29) is 0 Å². The molecule has 0 aliphatic heterocycles. The molecule has 3 aliphatic carbocycles. The highest BCUT2D eigenvalue weighted by atomic mass is 14.4. The van der Waals surface area contributed by atoms with Crippen molar-refractivity contribution in [2.75, 3.05) is 0 Å². The van der Waals surface area contributed by atoms with Crippen molar-refractivity contribution in [2.45, 2.75) is 25.2 Å². The van der Waals surface area contributed by atoms with Gasteiger partial charge in [0.05, 0.1) is 0 Å². The molecule has 102 valence electrons. The van der Waals surface area contributed by atoms with Crippen molar-refractivity contribution in [1.82, 2.24) is 0 Å². The third-order valence-corrected chi connectivity index (χ3v) is 5.47. The number of hydrogen-bond acceptors (Lipinski definition) is 0. The number of rotatable bonds is 0. The summed E-state index contributed by atoms with van der Waals surface area (Å²) in [5.74, 6) is 1.38. The fourth-order valence-electron chi connectivity index (χ4n) is 4.46. The maximum Gasteiger partial charge on any atom is 0.00634 e. The highest BCUT2D eigenvalue weighted by molar-refractivity contribution is 5.68. The van der Waals surface area contributed by atoms with Crippen LogP contribution in [0.4, 0.5) is 0 Å². The van der Waals surface area contributed by atoms with Crippen molar-refractivity contribution < 1.29 is 0 Å². The molecule has 0 aromatic heterocycles. The summed E-state index contributed by atoms with van der Waals surface area (Å²) in [5.41, 5.74) is 6.36. The van der Waals surface area contributed by atoms with E-state index in [0.717, 1.165) is 6.42 Å². The summed E-state index contributed by atoms with van der Waals surface area (Å²) >= 11 is 0. The maximum absolute atomic E-state index is 2.53. The first-order chi connectivity index (χ1) is 10.4. The first kappa shape index (κ1) is 11.6. The van der Waals surface area contributed by atoms with E-state index in [4.69, 9.17) is 0 Å². The summed E-state index contributed by atoms with van der Waals surface area (Å²) in [4.78, 5) is 0. The molecule has 0 fully saturated rings. The van der Waals surface area contributed by atoms with Crippen LogP contribution in [-0.2, 0) is 6.42 Å². The highest BCUT2D eigenvalue weighted by Gasteiger charge is 2.34. The molecule has 2 aromatic rings. The summed E-state index contributed by atoms with van der Waals surface area (Å²) in [6.07, 6.45) is 8.62. The molecule has 0 spiro atoms. The zero-order valence-electron chi connectivity index (χ0n) is 12.0. The molecule has 0 N–H and O–H groups in total. The molecule has 0 saturated heterocycles. The van der Waals surface area contributed by atoms with Crippen molar-refractivity contribution in [3.63, 3.8) is 0 Å². The molecule has 21 heavy (non-hydrogen) atoms. The Morgan fingerprint density at radius 2 is 1.76 bits per heavy atom. The van der Waals surface area contributed by atoms with Crippen molar-refractivity contribution >= 4 is 11.6 Å². The molecule has 0 nitrogen and oxygen atoms in total. The van der Waals surface area contributed by atoms with Crippen LogP contribution in [0.25, 0.3) is 11.6 Å². The second-order valence-corrected chi connectivity index (χ2v) is 6.56. The fraction of sp³-hybridized carbons (Fsp3) is 0.238. The molecule has 2 aromatic carbocycles. The Balaban J connectivity index is 1.74. The van der Waals surface area contributed by atoms with E-state index < -0.39 is 0 Å². The quantitative estimate of drug-likeness (QED) is 0.689. The predicted molar refractivity (Wildman–Crippen MR) is 87.3 cm³/mol. The number of fused-ring (bicyclic) bond motifs is 5. The van der Waals surface area contributed by atoms with E-state index in [1.807, 2.05) is 0 Å². The molecule has 3 aliphatic rings. The van der Waals surface area contributed by atoms with E-state index in [1.54, 1.807) is 22.3 Å². The van der Waals surface area contributed by atoms with E-state index >= 15 is 0 Å². The van der Waals surface area contributed by atoms with Gasteiger partial charge >= 0.3 is 0 Å². The predicted octanol–water partition coefficient (Wildman–Crippen LogP) is 3.31. The smallest absolute Gasteiger partial charge is 0.00634 e. The summed E-state index contributed by atoms with van der Waals surface area (Å²) in [5, 5.41) is 2.89. The normalized spacial score (nSPS) is 25.1. The SMILES string of the molecule is C1=C2Cc3ccccc3C2CC2CC=c3ccccc3=C12. The van der Waals surface area contributed by atoms with Gasteiger partial charge in [-0.3, -0.25) is 0 Å². The zero-order valence-corrected chi connectivity index (χ0v) is 12.0. The molecule has 0 radical (unpaired) electrons. The van der Waals surface area contributed by atoms with Crippen LogP contribution in [0, 0.1) is 5.92 Å². The van der Waals surface area contributed by atoms with Gasteiger partial charge < -0.3 is 0 Å². The summed E-state index contributed by atoms with van der Waals surface area (Å²) in [6.45, 7) is 0. The molecule has 2 atom stereocenters. The molecule has 0 heteroatoms. The van der Waals surface area contributed by atoms with Crippen LogP contribution in [0.3, 0.4) is 0 Å². The largest absolute Gasteiger partial charge is 0.0760 e. The van der Waals surface area contributed by atoms with Gasteiger partial charge in [0.1, 0.15) is 0 Å². The molecular weight excluding hydrogens is 252 g/mol. The van der Waals surface area contributed by atoms with Crippen LogP contribution < -0.4 is 10.4 Å². The minimum atomic E-state index is 0.675. The van der Waals surface area contributed by atoms with Gasteiger partial charge in [-0.15, -0.1) is 0 Å². The van der Waals surface area contributed by atoms with Crippen molar-refractivity contribution in [1.29, 1.82) is 0 Å². The zero-order chi connectivity index (χ0) is 13.8. The van der Waals surface area contributed by atoms with Gasteiger partial charge in [-0.05, 0) is 52.3 Å². The van der Waals surface area contributed by atoms with E-state index in [2.05, 4.69) is 60.7 Å². The van der Waals surface area contributed by atoms with Crippen molar-refractivity contribution in [2.24, 2.45) is 5.92 Å². The molecule has 0 heterocycles. The van der Waals surface area contributed by atoms with Crippen LogP contribution in [-0.4, -0.2) is 0 Å². The number of benzene rings is 2. The molecule has 0 saturated carbocycles. The second-order valence-electron chi connectivity index (χ2n) is 6.56. The Kier molecular flexibility index (Phi) is 2.32. The lowest BCUT2D eigenvalue weighted by atomic mass is 9.74. The number of hydrogen-bond donors (Lipinski definition) is 0. The topological polar surface area (TPSA) is 0 Å². The van der Waals surface area contributed by atoms with Crippen molar-refractivity contribution in [3.8, 4) is 0 Å². The van der Waals surface area contributed by atoms with E-state index in [1.165, 1.54) is 23.3 Å². The number of allylic oxidation sites excluding steroid dienone is 2. The third kappa shape index (κ3) is 1.62. The van der Waals surface area contributed by atoms with Gasteiger partial charge in [-0.25, -0.2) is 0 Å². The van der Waals surface area contributed by atoms with Gasteiger partial charge in [0, 0.05) is 5.92 Å². The Bertz CT molecular complexity index is 882. The van der Waals surface area contributed by atoms with E-state index in [9.17, 15) is 0 Å². The maximum atomic E-state index is 2.53. The van der Waals surface area contributed by atoms with Gasteiger partial charge in [-0.2, -0.15) is 0 Å². The molecular formula is C21H18. The Morgan fingerprint density at radius 1 is 0.905 bits per heavy atom. The van der Waals surface area contributed by atoms with Gasteiger partial charge in [0.25, 0.3) is 0 Å². The molecule has 2 unspecified atom stereocenters. The van der Waals surface area contributed by atoms with Gasteiger partial charge in [0.15, 0.2) is 0 Å². The second kappa shape index (κ2) is 4.21. The molecule has 0 amide bonds. The van der Waals surface area contributed by atoms with E-state index in [0.29, 0.717) is 11.8 Å². The lowest BCUT2D eigenvalue weighted by Crippen LogP contribution is -2.33. The van der Waals surface area contributed by atoms with Crippen LogP contribution in [0.2, 0.25) is 0 Å². The fourth-order valence-corrected chi connectivity index (χ4v) is 4.46. The monoisotopic (exact) mass is 270 g/mol. The minimum absolute atomic E-state index is 0.675. The Morgan fingerprint density at radius 3 is 2.76 bits per heavy atom. The molecule has 5 rings (SSSR count). The van der Waals surface area contributed by atoms with Crippen molar-refractivity contribution in [3.05, 3.63) is 81.7 Å². The highest BCUT2D eigenvalue weighted by Crippen LogP contribution is 2.47. The van der Waals surface area contributed by atoms with Crippen LogP contribution in [0.1, 0.15) is 29.9 Å². The Labute approximate surface area is 125 Å². The van der Waals surface area contributed by atoms with Gasteiger partial charge in [0.2, 0.25) is 0 Å². The van der Waals surface area contributed by atoms with Crippen LogP contribution >= 0.6 is 0 Å². The average Bonchev–Trinajstić information content (AvgIpc) is 2.90. The van der Waals surface area contributed by atoms with Gasteiger partial charge in [-0.1, -0.05) is 66.3 Å². The Hall–Kier alpha value is -2.08.